The second-order valence-electron chi connectivity index (χ2n) is 20.2. The first-order chi connectivity index (χ1) is 29.5. The van der Waals surface area contributed by atoms with E-state index in [1.165, 1.54) is 56.0 Å². The van der Waals surface area contributed by atoms with Gasteiger partial charge in [-0.25, -0.2) is 4.79 Å². The van der Waals surface area contributed by atoms with Gasteiger partial charge in [0.05, 0.1) is 22.7 Å². The lowest BCUT2D eigenvalue weighted by Crippen LogP contribution is -2.41. The average molecular weight is 817 g/mol. The highest BCUT2D eigenvalue weighted by atomic mass is 16.6. The maximum Gasteiger partial charge on any atom is 0.348 e. The third-order valence-corrected chi connectivity index (χ3v) is 15.3. The van der Waals surface area contributed by atoms with Gasteiger partial charge in [0.2, 0.25) is 0 Å². The number of hydrogen-bond acceptors (Lipinski definition) is 6. The van der Waals surface area contributed by atoms with Crippen LogP contribution in [-0.2, 0) is 40.7 Å². The molecule has 62 heavy (non-hydrogen) atoms. The number of benzene rings is 5. The highest BCUT2D eigenvalue weighted by Crippen LogP contribution is 2.62. The van der Waals surface area contributed by atoms with E-state index in [2.05, 4.69) is 175 Å². The Bertz CT molecular complexity index is 3020. The number of carbonyl (C=O) groups is 2. The molecule has 0 saturated carbocycles. The van der Waals surface area contributed by atoms with E-state index in [1.54, 1.807) is 0 Å². The lowest BCUT2D eigenvalue weighted by molar-refractivity contribution is -0.131. The lowest BCUT2D eigenvalue weighted by atomic mass is 9.65. The Hall–Kier alpha value is -6.40. The van der Waals surface area contributed by atoms with Gasteiger partial charge in [0.15, 0.2) is 11.5 Å². The summed E-state index contributed by atoms with van der Waals surface area (Å²) < 4.78 is 12.0. The quantitative estimate of drug-likeness (QED) is 0.133. The molecule has 5 aliphatic heterocycles. The molecular formula is C56H52N2O4. The third-order valence-electron chi connectivity index (χ3n) is 15.3. The summed E-state index contributed by atoms with van der Waals surface area (Å²) >= 11 is 0. The molecule has 1 aliphatic carbocycles. The van der Waals surface area contributed by atoms with Crippen molar-refractivity contribution >= 4 is 52.0 Å². The molecule has 5 heterocycles. The molecule has 0 aromatic heterocycles. The van der Waals surface area contributed by atoms with Crippen LogP contribution in [0.4, 0.5) is 28.4 Å². The molecule has 5 aromatic rings. The minimum absolute atomic E-state index is 0.131. The van der Waals surface area contributed by atoms with Crippen molar-refractivity contribution in [1.82, 2.24) is 0 Å². The summed E-state index contributed by atoms with van der Waals surface area (Å²) in [5.74, 6) is 0.262. The monoisotopic (exact) mass is 816 g/mol. The van der Waals surface area contributed by atoms with Crippen LogP contribution < -0.4 is 9.80 Å². The SMILES string of the molecule is C/C(=C1/OC(=O)C(c2ccc3c(c2)C(C)(C)c2cccc4c2N3c2ccccc2C4(C)C)=C1OC=O)c1ccc2c(c1)C(C)(C)c1cccc3c1N2C1=C(C=CC(C)C1)C3(C)C. The summed E-state index contributed by atoms with van der Waals surface area (Å²) in [4.78, 5) is 31.4. The van der Waals surface area contributed by atoms with Gasteiger partial charge < -0.3 is 19.3 Å². The Labute approximate surface area is 364 Å². The molecule has 0 amide bonds. The van der Waals surface area contributed by atoms with Gasteiger partial charge in [0.1, 0.15) is 5.57 Å². The van der Waals surface area contributed by atoms with Gasteiger partial charge in [0.25, 0.3) is 6.47 Å². The number of hydrogen-bond donors (Lipinski definition) is 0. The molecule has 0 bridgehead atoms. The molecule has 310 valence electrons. The Balaban J connectivity index is 1.05. The van der Waals surface area contributed by atoms with E-state index in [9.17, 15) is 9.59 Å². The fourth-order valence-electron chi connectivity index (χ4n) is 11.8. The van der Waals surface area contributed by atoms with Gasteiger partial charge in [-0.1, -0.05) is 141 Å². The zero-order valence-electron chi connectivity index (χ0n) is 37.3. The van der Waals surface area contributed by atoms with E-state index < -0.39 is 11.4 Å². The number of carbonyl (C=O) groups excluding carboxylic acids is 2. The molecular weight excluding hydrogens is 765 g/mol. The summed E-state index contributed by atoms with van der Waals surface area (Å²) in [6.45, 7) is 23.1. The second-order valence-corrected chi connectivity index (χ2v) is 20.2. The van der Waals surface area contributed by atoms with Gasteiger partial charge in [0, 0.05) is 38.6 Å². The number of allylic oxidation sites excluding steroid dienone is 5. The zero-order valence-corrected chi connectivity index (χ0v) is 37.3. The number of rotatable bonds is 4. The van der Waals surface area contributed by atoms with Crippen molar-refractivity contribution in [2.24, 2.45) is 5.92 Å². The molecule has 0 N–H and O–H groups in total. The van der Waals surface area contributed by atoms with Crippen molar-refractivity contribution in [2.75, 3.05) is 9.80 Å². The van der Waals surface area contributed by atoms with E-state index in [1.807, 2.05) is 13.0 Å². The van der Waals surface area contributed by atoms with Crippen LogP contribution >= 0.6 is 0 Å². The number of cyclic esters (lactones) is 1. The zero-order chi connectivity index (χ0) is 43.4. The minimum atomic E-state index is -0.549. The number of ether oxygens (including phenoxy) is 2. The fraction of sp³-hybridized carbons (Fsp3) is 0.286. The van der Waals surface area contributed by atoms with Crippen molar-refractivity contribution in [1.29, 1.82) is 0 Å². The number of fused-ring (bicyclic) bond motifs is 7. The Kier molecular flexibility index (Phi) is 7.82. The average Bonchev–Trinajstić information content (AvgIpc) is 3.57. The van der Waals surface area contributed by atoms with Crippen LogP contribution in [0.1, 0.15) is 126 Å². The standard InChI is InChI=1S/C56H52N2O4/c1-31-21-24-36-46(27-31)58-45-25-22-33(28-41(45)55(7,8)40-19-14-17-38(49(40)58)54(36,5)6)32(2)50-51(61-30-59)47(52(60)62-50)34-23-26-44-42(29-34)56(9,10)39-18-13-16-37-48(39)57(44)43-20-12-11-15-35(43)53(37,3)4/h11-26,28-31H,27H2,1-10H3/b50-32-. The number of anilines is 5. The topological polar surface area (TPSA) is 59.1 Å². The summed E-state index contributed by atoms with van der Waals surface area (Å²) in [7, 11) is 0. The number of nitrogens with zero attached hydrogens (tertiary/aromatic N) is 2. The smallest absolute Gasteiger partial charge is 0.348 e. The molecule has 5 aromatic carbocycles. The van der Waals surface area contributed by atoms with Crippen LogP contribution in [0, 0.1) is 5.92 Å². The number of esters is 1. The first kappa shape index (κ1) is 38.5. The van der Waals surface area contributed by atoms with Crippen molar-refractivity contribution in [3.63, 3.8) is 0 Å². The van der Waals surface area contributed by atoms with Crippen molar-refractivity contribution < 1.29 is 19.1 Å². The van der Waals surface area contributed by atoms with E-state index in [4.69, 9.17) is 9.47 Å². The minimum Gasteiger partial charge on any atom is -0.424 e. The Morgan fingerprint density at radius 1 is 0.661 bits per heavy atom. The van der Waals surface area contributed by atoms with E-state index >= 15 is 0 Å². The predicted molar refractivity (Wildman–Crippen MR) is 248 cm³/mol. The van der Waals surface area contributed by atoms with Crippen LogP contribution in [0.3, 0.4) is 0 Å². The molecule has 1 atom stereocenters. The van der Waals surface area contributed by atoms with E-state index in [-0.39, 0.29) is 33.3 Å². The largest absolute Gasteiger partial charge is 0.424 e. The Morgan fingerprint density at radius 2 is 1.21 bits per heavy atom. The number of para-hydroxylation sites is 3. The molecule has 0 radical (unpaired) electrons. The molecule has 0 fully saturated rings. The van der Waals surface area contributed by atoms with E-state index in [0.717, 1.165) is 34.6 Å². The molecule has 1 unspecified atom stereocenters. The maximum atomic E-state index is 14.2. The summed E-state index contributed by atoms with van der Waals surface area (Å²) in [5, 5.41) is 0. The molecule has 6 nitrogen and oxygen atoms in total. The van der Waals surface area contributed by atoms with Crippen LogP contribution in [-0.4, -0.2) is 12.4 Å². The van der Waals surface area contributed by atoms with Gasteiger partial charge >= 0.3 is 5.97 Å². The third kappa shape index (κ3) is 4.86. The van der Waals surface area contributed by atoms with Gasteiger partial charge in [-0.3, -0.25) is 4.79 Å². The van der Waals surface area contributed by atoms with Crippen LogP contribution in [0.5, 0.6) is 0 Å². The van der Waals surface area contributed by atoms with E-state index in [0.29, 0.717) is 23.5 Å². The van der Waals surface area contributed by atoms with Gasteiger partial charge in [-0.05, 0) is 105 Å². The second kappa shape index (κ2) is 12.6. The fourth-order valence-corrected chi connectivity index (χ4v) is 11.8. The van der Waals surface area contributed by atoms with Crippen molar-refractivity contribution in [3.05, 3.63) is 182 Å². The van der Waals surface area contributed by atoms with Crippen LogP contribution in [0.2, 0.25) is 0 Å². The molecule has 0 saturated heterocycles. The summed E-state index contributed by atoms with van der Waals surface area (Å²) in [6, 6.07) is 34.8. The maximum absolute atomic E-state index is 14.2. The lowest BCUT2D eigenvalue weighted by Gasteiger charge is -2.51. The van der Waals surface area contributed by atoms with Gasteiger partial charge in [-0.2, -0.15) is 0 Å². The highest BCUT2D eigenvalue weighted by molar-refractivity contribution is 6.21. The summed E-state index contributed by atoms with van der Waals surface area (Å²) in [5.41, 5.74) is 18.6. The molecule has 6 aliphatic rings. The molecule has 6 heteroatoms. The van der Waals surface area contributed by atoms with Crippen molar-refractivity contribution in [2.45, 2.75) is 97.3 Å². The highest BCUT2D eigenvalue weighted by Gasteiger charge is 2.48. The predicted octanol–water partition coefficient (Wildman–Crippen LogP) is 13.2. The Morgan fingerprint density at radius 3 is 1.89 bits per heavy atom. The molecule has 11 rings (SSSR count). The van der Waals surface area contributed by atoms with Crippen LogP contribution in [0.15, 0.2) is 132 Å². The first-order valence-electron chi connectivity index (χ1n) is 22.0. The van der Waals surface area contributed by atoms with Gasteiger partial charge in [-0.15, -0.1) is 0 Å². The normalized spacial score (nSPS) is 21.8. The first-order valence-corrected chi connectivity index (χ1v) is 22.0. The molecule has 0 spiro atoms. The van der Waals surface area contributed by atoms with Crippen LogP contribution in [0.25, 0.3) is 11.1 Å². The summed E-state index contributed by atoms with van der Waals surface area (Å²) in [6.07, 6.45) is 5.65. The van der Waals surface area contributed by atoms with Crippen molar-refractivity contribution in [3.8, 4) is 0 Å².